The van der Waals surface area contributed by atoms with E-state index in [1.54, 1.807) is 44.7 Å². The van der Waals surface area contributed by atoms with Crippen molar-refractivity contribution in [3.8, 4) is 11.5 Å². The molecule has 0 radical (unpaired) electrons. The van der Waals surface area contributed by atoms with E-state index in [9.17, 15) is 4.79 Å². The maximum Gasteiger partial charge on any atom is 0.255 e. The van der Waals surface area contributed by atoms with Crippen LogP contribution in [0.15, 0.2) is 66.9 Å². The van der Waals surface area contributed by atoms with Crippen LogP contribution in [-0.4, -0.2) is 31.7 Å². The lowest BCUT2D eigenvalue weighted by atomic mass is 10.1. The van der Waals surface area contributed by atoms with Gasteiger partial charge in [0, 0.05) is 18.3 Å². The zero-order valence-corrected chi connectivity index (χ0v) is 15.9. The summed E-state index contributed by atoms with van der Waals surface area (Å²) < 4.78 is 10.6. The Morgan fingerprint density at radius 1 is 0.964 bits per heavy atom. The highest BCUT2D eigenvalue weighted by molar-refractivity contribution is 6.05. The first-order chi connectivity index (χ1) is 13.7. The van der Waals surface area contributed by atoms with Crippen LogP contribution in [0.25, 0.3) is 0 Å². The summed E-state index contributed by atoms with van der Waals surface area (Å²) in [6.45, 7) is 0.672. The first kappa shape index (κ1) is 19.2. The molecule has 0 saturated carbocycles. The van der Waals surface area contributed by atoms with Crippen LogP contribution in [0.4, 0.5) is 11.5 Å². The molecular weight excluding hydrogens is 354 g/mol. The van der Waals surface area contributed by atoms with E-state index in [0.29, 0.717) is 29.4 Å². The fourth-order valence-corrected chi connectivity index (χ4v) is 2.85. The molecule has 0 aliphatic carbocycles. The topological polar surface area (TPSA) is 72.5 Å². The predicted molar refractivity (Wildman–Crippen MR) is 110 cm³/mol. The molecule has 28 heavy (non-hydrogen) atoms. The molecule has 0 bridgehead atoms. The summed E-state index contributed by atoms with van der Waals surface area (Å²) in [6, 6.07) is 18.6. The fraction of sp³-hybridized carbons (Fsp3) is 0.182. The van der Waals surface area contributed by atoms with Crippen molar-refractivity contribution in [1.82, 2.24) is 4.98 Å². The molecule has 6 heteroatoms. The molecule has 1 amide bonds. The minimum atomic E-state index is -0.223. The zero-order chi connectivity index (χ0) is 19.8. The molecule has 2 N–H and O–H groups in total. The summed E-state index contributed by atoms with van der Waals surface area (Å²) in [7, 11) is 3.23. The predicted octanol–water partition coefficient (Wildman–Crippen LogP) is 4.01. The largest absolute Gasteiger partial charge is 0.496 e. The molecular formula is C22H23N3O3. The Balaban J connectivity index is 1.62. The third-order valence-electron chi connectivity index (χ3n) is 4.27. The van der Waals surface area contributed by atoms with Crippen LogP contribution >= 0.6 is 0 Å². The van der Waals surface area contributed by atoms with E-state index >= 15 is 0 Å². The van der Waals surface area contributed by atoms with Crippen molar-refractivity contribution in [3.05, 3.63) is 78.0 Å². The number of ether oxygens (including phenoxy) is 2. The number of benzene rings is 2. The zero-order valence-electron chi connectivity index (χ0n) is 15.9. The average Bonchev–Trinajstić information content (AvgIpc) is 2.74. The molecule has 144 valence electrons. The van der Waals surface area contributed by atoms with Gasteiger partial charge in [0.2, 0.25) is 0 Å². The number of carbonyl (C=O) groups excluding carboxylic acids is 1. The third-order valence-corrected chi connectivity index (χ3v) is 4.27. The lowest BCUT2D eigenvalue weighted by Gasteiger charge is -2.11. The Kier molecular flexibility index (Phi) is 6.46. The maximum atomic E-state index is 12.6. The van der Waals surface area contributed by atoms with Gasteiger partial charge in [-0.05, 0) is 42.3 Å². The summed E-state index contributed by atoms with van der Waals surface area (Å²) >= 11 is 0. The highest BCUT2D eigenvalue weighted by Crippen LogP contribution is 2.24. The van der Waals surface area contributed by atoms with Crippen LogP contribution in [-0.2, 0) is 6.42 Å². The second-order valence-electron chi connectivity index (χ2n) is 6.07. The highest BCUT2D eigenvalue weighted by atomic mass is 16.5. The number of anilines is 2. The van der Waals surface area contributed by atoms with Crippen molar-refractivity contribution in [3.63, 3.8) is 0 Å². The van der Waals surface area contributed by atoms with Gasteiger partial charge in [0.05, 0.1) is 19.9 Å². The second kappa shape index (κ2) is 9.41. The number of hydrogen-bond donors (Lipinski definition) is 2. The van der Waals surface area contributed by atoms with Gasteiger partial charge < -0.3 is 20.1 Å². The van der Waals surface area contributed by atoms with E-state index in [1.165, 1.54) is 0 Å². The van der Waals surface area contributed by atoms with Crippen molar-refractivity contribution in [2.45, 2.75) is 6.42 Å². The molecule has 0 saturated heterocycles. The number of nitrogens with one attached hydrogen (secondary N) is 2. The molecule has 3 aromatic rings. The summed E-state index contributed by atoms with van der Waals surface area (Å²) in [4.78, 5) is 16.9. The summed E-state index contributed by atoms with van der Waals surface area (Å²) in [6.07, 6.45) is 2.39. The first-order valence-electron chi connectivity index (χ1n) is 8.97. The molecule has 0 spiro atoms. The monoisotopic (exact) mass is 377 g/mol. The third kappa shape index (κ3) is 4.79. The number of pyridine rings is 1. The highest BCUT2D eigenvalue weighted by Gasteiger charge is 2.10. The van der Waals surface area contributed by atoms with Crippen LogP contribution < -0.4 is 20.1 Å². The molecule has 1 aromatic heterocycles. The van der Waals surface area contributed by atoms with Gasteiger partial charge in [0.15, 0.2) is 0 Å². The number of nitrogens with zero attached hydrogens (tertiary/aromatic N) is 1. The normalized spacial score (nSPS) is 10.2. The van der Waals surface area contributed by atoms with E-state index in [1.807, 2.05) is 36.4 Å². The SMILES string of the molecule is COc1ccccc1CCNc1cc(C(=O)Nc2ccccc2OC)ccn1. The Morgan fingerprint density at radius 3 is 2.46 bits per heavy atom. The van der Waals surface area contributed by atoms with Crippen LogP contribution in [0.5, 0.6) is 11.5 Å². The molecule has 0 aliphatic heterocycles. The molecule has 2 aromatic carbocycles. The smallest absolute Gasteiger partial charge is 0.255 e. The standard InChI is InChI=1S/C22H23N3O3/c1-27-19-9-5-3-7-16(19)11-13-23-21-15-17(12-14-24-21)22(26)25-18-8-4-6-10-20(18)28-2/h3-10,12,14-15H,11,13H2,1-2H3,(H,23,24)(H,25,26). The van der Waals surface area contributed by atoms with Gasteiger partial charge in [-0.2, -0.15) is 0 Å². The van der Waals surface area contributed by atoms with Crippen LogP contribution in [0.3, 0.4) is 0 Å². The average molecular weight is 377 g/mol. The van der Waals surface area contributed by atoms with Crippen molar-refractivity contribution in [2.24, 2.45) is 0 Å². The number of methoxy groups -OCH3 is 2. The second-order valence-corrected chi connectivity index (χ2v) is 6.07. The Labute approximate surface area is 164 Å². The Hall–Kier alpha value is -3.54. The minimum Gasteiger partial charge on any atom is -0.496 e. The van der Waals surface area contributed by atoms with Gasteiger partial charge in [-0.1, -0.05) is 30.3 Å². The minimum absolute atomic E-state index is 0.223. The number of aromatic nitrogens is 1. The molecule has 1 heterocycles. The molecule has 0 fully saturated rings. The van der Waals surface area contributed by atoms with E-state index in [-0.39, 0.29) is 5.91 Å². The van der Waals surface area contributed by atoms with Crippen molar-refractivity contribution in [2.75, 3.05) is 31.4 Å². The number of hydrogen-bond acceptors (Lipinski definition) is 5. The quantitative estimate of drug-likeness (QED) is 0.621. The van der Waals surface area contributed by atoms with E-state index in [2.05, 4.69) is 15.6 Å². The summed E-state index contributed by atoms with van der Waals surface area (Å²) in [5.74, 6) is 1.89. The van der Waals surface area contributed by atoms with Crippen molar-refractivity contribution >= 4 is 17.4 Å². The van der Waals surface area contributed by atoms with E-state index in [0.717, 1.165) is 17.7 Å². The summed E-state index contributed by atoms with van der Waals surface area (Å²) in [5.41, 5.74) is 2.25. The Bertz CT molecular complexity index is 944. The maximum absolute atomic E-state index is 12.6. The van der Waals surface area contributed by atoms with Crippen molar-refractivity contribution in [1.29, 1.82) is 0 Å². The number of rotatable bonds is 8. The van der Waals surface area contributed by atoms with Gasteiger partial charge in [-0.15, -0.1) is 0 Å². The Morgan fingerprint density at radius 2 is 1.68 bits per heavy atom. The number of amides is 1. The van der Waals surface area contributed by atoms with Gasteiger partial charge in [0.25, 0.3) is 5.91 Å². The van der Waals surface area contributed by atoms with Crippen molar-refractivity contribution < 1.29 is 14.3 Å². The van der Waals surface area contributed by atoms with Crippen LogP contribution in [0, 0.1) is 0 Å². The van der Waals surface area contributed by atoms with Gasteiger partial charge in [0.1, 0.15) is 17.3 Å². The van der Waals surface area contributed by atoms with Crippen LogP contribution in [0.2, 0.25) is 0 Å². The fourth-order valence-electron chi connectivity index (χ4n) is 2.85. The molecule has 6 nitrogen and oxygen atoms in total. The van der Waals surface area contributed by atoms with Gasteiger partial charge in [-0.3, -0.25) is 4.79 Å². The van der Waals surface area contributed by atoms with E-state index < -0.39 is 0 Å². The van der Waals surface area contributed by atoms with Crippen LogP contribution in [0.1, 0.15) is 15.9 Å². The lowest BCUT2D eigenvalue weighted by Crippen LogP contribution is -2.14. The van der Waals surface area contributed by atoms with E-state index in [4.69, 9.17) is 9.47 Å². The number of carbonyl (C=O) groups is 1. The molecule has 3 rings (SSSR count). The molecule has 0 aliphatic rings. The van der Waals surface area contributed by atoms with Gasteiger partial charge in [-0.25, -0.2) is 4.98 Å². The van der Waals surface area contributed by atoms with Gasteiger partial charge >= 0.3 is 0 Å². The lowest BCUT2D eigenvalue weighted by molar-refractivity contribution is 0.102. The molecule has 0 unspecified atom stereocenters. The summed E-state index contributed by atoms with van der Waals surface area (Å²) in [5, 5.41) is 6.12. The number of para-hydroxylation sites is 3. The first-order valence-corrected chi connectivity index (χ1v) is 8.97. The molecule has 0 atom stereocenters.